The summed E-state index contributed by atoms with van der Waals surface area (Å²) >= 11 is 0. The Kier molecular flexibility index (Phi) is 4.29. The number of benzene rings is 1. The van der Waals surface area contributed by atoms with Gasteiger partial charge in [-0.05, 0) is 26.0 Å². The van der Waals surface area contributed by atoms with Gasteiger partial charge in [-0.2, -0.15) is 0 Å². The number of nitrogens with zero attached hydrogens (tertiary/aromatic N) is 2. The first-order valence-corrected chi connectivity index (χ1v) is 8.94. The number of aryl methyl sites for hydroxylation is 2. The maximum atomic E-state index is 12.4. The van der Waals surface area contributed by atoms with Gasteiger partial charge in [0.15, 0.2) is 5.58 Å². The van der Waals surface area contributed by atoms with Gasteiger partial charge < -0.3 is 8.94 Å². The zero-order valence-electron chi connectivity index (χ0n) is 13.3. The van der Waals surface area contributed by atoms with Crippen molar-refractivity contribution in [2.75, 3.05) is 6.54 Å². The van der Waals surface area contributed by atoms with Crippen LogP contribution < -0.4 is 10.5 Å². The smallest absolute Gasteiger partial charge is 0.408 e. The molecule has 0 saturated carbocycles. The van der Waals surface area contributed by atoms with E-state index in [2.05, 4.69) is 9.88 Å². The summed E-state index contributed by atoms with van der Waals surface area (Å²) in [7, 11) is -3.71. The molecule has 0 radical (unpaired) electrons. The minimum Gasteiger partial charge on any atom is -0.408 e. The molecular formula is C15H17N3O5S. The van der Waals surface area contributed by atoms with Crippen molar-refractivity contribution in [3.63, 3.8) is 0 Å². The fourth-order valence-corrected chi connectivity index (χ4v) is 3.49. The van der Waals surface area contributed by atoms with Crippen LogP contribution in [0.3, 0.4) is 0 Å². The number of fused-ring (bicyclic) bond motifs is 1. The van der Waals surface area contributed by atoms with Crippen LogP contribution in [0.2, 0.25) is 0 Å². The Bertz CT molecular complexity index is 1030. The van der Waals surface area contributed by atoms with Crippen LogP contribution in [0.5, 0.6) is 0 Å². The van der Waals surface area contributed by atoms with Gasteiger partial charge in [0.05, 0.1) is 16.1 Å². The van der Waals surface area contributed by atoms with Crippen molar-refractivity contribution in [3.8, 4) is 0 Å². The van der Waals surface area contributed by atoms with E-state index >= 15 is 0 Å². The molecule has 0 aliphatic carbocycles. The maximum absolute atomic E-state index is 12.4. The number of sulfonamides is 1. The molecular weight excluding hydrogens is 334 g/mol. The number of hydrogen-bond donors (Lipinski definition) is 1. The second-order valence-corrected chi connectivity index (χ2v) is 7.09. The van der Waals surface area contributed by atoms with Crippen molar-refractivity contribution in [2.45, 2.75) is 31.7 Å². The van der Waals surface area contributed by atoms with Gasteiger partial charge in [0.25, 0.3) is 0 Å². The lowest BCUT2D eigenvalue weighted by atomic mass is 10.3. The molecule has 0 unspecified atom stereocenters. The zero-order valence-corrected chi connectivity index (χ0v) is 14.1. The topological polar surface area (TPSA) is 107 Å². The van der Waals surface area contributed by atoms with E-state index in [4.69, 9.17) is 8.94 Å². The molecule has 2 aromatic heterocycles. The van der Waals surface area contributed by atoms with Gasteiger partial charge in [-0.3, -0.25) is 4.57 Å². The Balaban J connectivity index is 1.79. The van der Waals surface area contributed by atoms with Gasteiger partial charge in [0.1, 0.15) is 5.76 Å². The molecule has 0 atom stereocenters. The normalized spacial score (nSPS) is 12.1. The summed E-state index contributed by atoms with van der Waals surface area (Å²) in [4.78, 5) is 11.7. The molecule has 0 bridgehead atoms. The summed E-state index contributed by atoms with van der Waals surface area (Å²) in [6.07, 6.45) is 0.417. The van der Waals surface area contributed by atoms with Gasteiger partial charge >= 0.3 is 5.76 Å². The van der Waals surface area contributed by atoms with Crippen molar-refractivity contribution in [3.05, 3.63) is 46.3 Å². The van der Waals surface area contributed by atoms with Crippen LogP contribution in [-0.2, 0) is 23.0 Å². The summed E-state index contributed by atoms with van der Waals surface area (Å²) in [5.41, 5.74) is 1.49. The Morgan fingerprint density at radius 1 is 1.29 bits per heavy atom. The Morgan fingerprint density at radius 3 is 2.75 bits per heavy atom. The first kappa shape index (κ1) is 16.5. The highest BCUT2D eigenvalue weighted by Gasteiger charge is 2.17. The number of rotatable bonds is 6. The van der Waals surface area contributed by atoms with Gasteiger partial charge in [0, 0.05) is 31.6 Å². The van der Waals surface area contributed by atoms with Crippen LogP contribution in [0, 0.1) is 6.92 Å². The minimum absolute atomic E-state index is 0.0448. The summed E-state index contributed by atoms with van der Waals surface area (Å²) in [6.45, 7) is 4.22. The minimum atomic E-state index is -3.71. The molecule has 0 saturated heterocycles. The highest BCUT2D eigenvalue weighted by Crippen LogP contribution is 2.18. The summed E-state index contributed by atoms with van der Waals surface area (Å²) in [6, 6.07) is 6.12. The van der Waals surface area contributed by atoms with Crippen molar-refractivity contribution in [1.29, 1.82) is 0 Å². The highest BCUT2D eigenvalue weighted by atomic mass is 32.2. The second-order valence-electron chi connectivity index (χ2n) is 5.32. The van der Waals surface area contributed by atoms with E-state index in [1.165, 1.54) is 16.7 Å². The summed E-state index contributed by atoms with van der Waals surface area (Å²) in [5.74, 6) is 0.171. The lowest BCUT2D eigenvalue weighted by Gasteiger charge is -2.06. The molecule has 24 heavy (non-hydrogen) atoms. The third-order valence-corrected chi connectivity index (χ3v) is 5.07. The lowest BCUT2D eigenvalue weighted by Crippen LogP contribution is -2.26. The van der Waals surface area contributed by atoms with Crippen molar-refractivity contribution >= 4 is 21.1 Å². The second kappa shape index (κ2) is 6.25. The van der Waals surface area contributed by atoms with E-state index in [9.17, 15) is 13.2 Å². The molecule has 0 fully saturated rings. The standard InChI is InChI=1S/C15H17N3O5S/c1-3-18-13-5-4-12(9-14(13)22-15(18)19)24(20,21)16-7-6-11-8-10(2)23-17-11/h4-5,8-9,16H,3,6-7H2,1-2H3. The molecule has 1 N–H and O–H groups in total. The van der Waals surface area contributed by atoms with E-state index in [0.29, 0.717) is 29.9 Å². The number of oxazole rings is 1. The summed E-state index contributed by atoms with van der Waals surface area (Å²) in [5, 5.41) is 3.81. The average molecular weight is 351 g/mol. The van der Waals surface area contributed by atoms with Gasteiger partial charge in [-0.15, -0.1) is 0 Å². The zero-order chi connectivity index (χ0) is 17.3. The van der Waals surface area contributed by atoms with Crippen molar-refractivity contribution in [1.82, 2.24) is 14.4 Å². The largest absolute Gasteiger partial charge is 0.419 e. The van der Waals surface area contributed by atoms with Gasteiger partial charge in [-0.25, -0.2) is 17.9 Å². The third kappa shape index (κ3) is 3.13. The molecule has 0 amide bonds. The first-order valence-electron chi connectivity index (χ1n) is 7.46. The van der Waals surface area contributed by atoms with E-state index in [0.717, 1.165) is 0 Å². The molecule has 2 heterocycles. The Labute approximate surface area is 138 Å². The van der Waals surface area contributed by atoms with Gasteiger partial charge in [-0.1, -0.05) is 5.16 Å². The highest BCUT2D eigenvalue weighted by molar-refractivity contribution is 7.89. The molecule has 8 nitrogen and oxygen atoms in total. The van der Waals surface area contributed by atoms with E-state index in [1.54, 1.807) is 19.1 Å². The van der Waals surface area contributed by atoms with E-state index < -0.39 is 15.8 Å². The van der Waals surface area contributed by atoms with Crippen LogP contribution in [0.25, 0.3) is 11.1 Å². The number of aromatic nitrogens is 2. The van der Waals surface area contributed by atoms with Crippen LogP contribution in [0.15, 0.2) is 42.9 Å². The predicted octanol–water partition coefficient (Wildman–Crippen LogP) is 1.43. The molecule has 0 aliphatic heterocycles. The SMILES string of the molecule is CCn1c(=O)oc2cc(S(=O)(=O)NCCc3cc(C)on3)ccc21. The molecule has 128 valence electrons. The Hall–Kier alpha value is -2.39. The van der Waals surface area contributed by atoms with Crippen LogP contribution in [0.1, 0.15) is 18.4 Å². The van der Waals surface area contributed by atoms with E-state index in [1.807, 2.05) is 6.92 Å². The molecule has 3 aromatic rings. The third-order valence-electron chi connectivity index (χ3n) is 3.62. The molecule has 3 rings (SSSR count). The summed E-state index contributed by atoms with van der Waals surface area (Å²) < 4.78 is 38.7. The molecule has 9 heteroatoms. The van der Waals surface area contributed by atoms with E-state index in [-0.39, 0.29) is 17.0 Å². The first-order chi connectivity index (χ1) is 11.4. The molecule has 0 aliphatic rings. The van der Waals surface area contributed by atoms with Crippen molar-refractivity contribution in [2.24, 2.45) is 0 Å². The van der Waals surface area contributed by atoms with Crippen LogP contribution in [0.4, 0.5) is 0 Å². The fourth-order valence-electron chi connectivity index (χ4n) is 2.45. The number of nitrogens with one attached hydrogen (secondary N) is 1. The Morgan fingerprint density at radius 2 is 2.08 bits per heavy atom. The fraction of sp³-hybridized carbons (Fsp3) is 0.333. The van der Waals surface area contributed by atoms with Crippen LogP contribution >= 0.6 is 0 Å². The lowest BCUT2D eigenvalue weighted by molar-refractivity contribution is 0.390. The van der Waals surface area contributed by atoms with Crippen LogP contribution in [-0.4, -0.2) is 24.7 Å². The maximum Gasteiger partial charge on any atom is 0.419 e. The average Bonchev–Trinajstić information content (AvgIpc) is 3.08. The monoisotopic (exact) mass is 351 g/mol. The molecule has 0 spiro atoms. The quantitative estimate of drug-likeness (QED) is 0.720. The number of hydrogen-bond acceptors (Lipinski definition) is 6. The predicted molar refractivity (Wildman–Crippen MR) is 86.3 cm³/mol. The van der Waals surface area contributed by atoms with Gasteiger partial charge in [0.2, 0.25) is 10.0 Å². The molecule has 1 aromatic carbocycles. The van der Waals surface area contributed by atoms with Crippen molar-refractivity contribution < 1.29 is 17.4 Å².